The van der Waals surface area contributed by atoms with Crippen molar-refractivity contribution < 1.29 is 0 Å². The van der Waals surface area contributed by atoms with Gasteiger partial charge in [-0.15, -0.1) is 0 Å². The molecule has 0 atom stereocenters. The average molecular weight is 801 g/mol. The summed E-state index contributed by atoms with van der Waals surface area (Å²) < 4.78 is 0. The van der Waals surface area contributed by atoms with E-state index in [1.165, 1.54) is 55.3 Å². The van der Waals surface area contributed by atoms with Crippen LogP contribution in [-0.2, 0) is 5.41 Å². The van der Waals surface area contributed by atoms with Crippen molar-refractivity contribution in [1.29, 1.82) is 10.5 Å². The first-order chi connectivity index (χ1) is 31.1. The van der Waals surface area contributed by atoms with Gasteiger partial charge in [-0.05, 0) is 151 Å². The van der Waals surface area contributed by atoms with E-state index in [0.29, 0.717) is 11.1 Å². The van der Waals surface area contributed by atoms with Crippen LogP contribution in [0.4, 0.5) is 34.1 Å². The van der Waals surface area contributed by atoms with Crippen molar-refractivity contribution in [3.63, 3.8) is 0 Å². The highest BCUT2D eigenvalue weighted by Crippen LogP contribution is 2.65. The van der Waals surface area contributed by atoms with Gasteiger partial charge in [0.2, 0.25) is 0 Å². The Balaban J connectivity index is 1.11. The first-order valence-electron chi connectivity index (χ1n) is 21.2. The smallest absolute Gasteiger partial charge is 0.0992 e. The molecule has 0 fully saturated rings. The highest BCUT2D eigenvalue weighted by atomic mass is 15.1. The fourth-order valence-corrected chi connectivity index (χ4v) is 10.5. The van der Waals surface area contributed by atoms with E-state index in [9.17, 15) is 10.5 Å². The van der Waals surface area contributed by atoms with Crippen LogP contribution in [-0.4, -0.2) is 0 Å². The topological polar surface area (TPSA) is 54.1 Å². The lowest BCUT2D eigenvalue weighted by Crippen LogP contribution is -2.26. The predicted octanol–water partition coefficient (Wildman–Crippen LogP) is 15.0. The van der Waals surface area contributed by atoms with E-state index in [2.05, 4.69) is 192 Å². The molecule has 0 radical (unpaired) electrons. The van der Waals surface area contributed by atoms with Gasteiger partial charge in [-0.25, -0.2) is 0 Å². The van der Waals surface area contributed by atoms with Crippen LogP contribution in [0.1, 0.15) is 33.4 Å². The summed E-state index contributed by atoms with van der Waals surface area (Å²) in [5.41, 5.74) is 16.7. The zero-order valence-corrected chi connectivity index (χ0v) is 34.1. The van der Waals surface area contributed by atoms with Crippen LogP contribution < -0.4 is 9.80 Å². The fourth-order valence-electron chi connectivity index (χ4n) is 10.5. The summed E-state index contributed by atoms with van der Waals surface area (Å²) in [5.74, 6) is 0. The zero-order valence-electron chi connectivity index (χ0n) is 34.1. The van der Waals surface area contributed by atoms with Gasteiger partial charge in [0.1, 0.15) is 0 Å². The summed E-state index contributed by atoms with van der Waals surface area (Å²) in [6.07, 6.45) is 0. The molecule has 10 aromatic rings. The first kappa shape index (κ1) is 36.2. The van der Waals surface area contributed by atoms with Gasteiger partial charge >= 0.3 is 0 Å². The number of rotatable bonds is 6. The quantitative estimate of drug-likeness (QED) is 0.168. The monoisotopic (exact) mass is 800 g/mol. The molecule has 0 saturated carbocycles. The molecular weight excluding hydrogens is 765 g/mol. The number of hydrogen-bond acceptors (Lipinski definition) is 4. The summed E-state index contributed by atoms with van der Waals surface area (Å²) in [6, 6.07) is 82.0. The van der Waals surface area contributed by atoms with Crippen molar-refractivity contribution in [1.82, 2.24) is 0 Å². The van der Waals surface area contributed by atoms with E-state index in [0.717, 1.165) is 44.9 Å². The van der Waals surface area contributed by atoms with E-state index in [4.69, 9.17) is 0 Å². The Morgan fingerprint density at radius 1 is 0.317 bits per heavy atom. The van der Waals surface area contributed by atoms with E-state index in [-0.39, 0.29) is 0 Å². The number of benzene rings is 10. The number of para-hydroxylation sites is 2. The van der Waals surface area contributed by atoms with Crippen LogP contribution in [0.2, 0.25) is 0 Å². The largest absolute Gasteiger partial charge is 0.310 e. The molecule has 10 aromatic carbocycles. The van der Waals surface area contributed by atoms with Crippen molar-refractivity contribution >= 4 is 55.7 Å². The van der Waals surface area contributed by atoms with Crippen molar-refractivity contribution in [3.8, 4) is 34.4 Å². The molecule has 2 aliphatic carbocycles. The maximum atomic E-state index is 9.87. The number of hydrogen-bond donors (Lipinski definition) is 0. The lowest BCUT2D eigenvalue weighted by Gasteiger charge is -2.33. The maximum Gasteiger partial charge on any atom is 0.0992 e. The number of nitriles is 2. The van der Waals surface area contributed by atoms with E-state index in [1.54, 1.807) is 0 Å². The summed E-state index contributed by atoms with van der Waals surface area (Å²) in [7, 11) is 0. The van der Waals surface area contributed by atoms with Crippen LogP contribution in [0.25, 0.3) is 43.8 Å². The van der Waals surface area contributed by atoms with Crippen molar-refractivity contribution in [2.75, 3.05) is 9.80 Å². The van der Waals surface area contributed by atoms with E-state index in [1.807, 2.05) is 48.5 Å². The number of fused-ring (bicyclic) bond motifs is 14. The zero-order chi connectivity index (χ0) is 42.1. The third-order valence-electron chi connectivity index (χ3n) is 13.0. The molecule has 4 nitrogen and oxygen atoms in total. The molecular formula is C59H36N4. The Morgan fingerprint density at radius 3 is 1.16 bits per heavy atom. The van der Waals surface area contributed by atoms with Gasteiger partial charge in [0.05, 0.1) is 28.7 Å². The highest BCUT2D eigenvalue weighted by molar-refractivity contribution is 6.10. The van der Waals surface area contributed by atoms with Gasteiger partial charge in [0, 0.05) is 34.1 Å². The van der Waals surface area contributed by atoms with Crippen LogP contribution in [0.5, 0.6) is 0 Å². The van der Waals surface area contributed by atoms with Crippen LogP contribution in [0.15, 0.2) is 218 Å². The molecule has 0 aliphatic heterocycles. The summed E-state index contributed by atoms with van der Waals surface area (Å²) in [4.78, 5) is 4.47. The van der Waals surface area contributed by atoms with Gasteiger partial charge in [-0.3, -0.25) is 0 Å². The number of anilines is 6. The van der Waals surface area contributed by atoms with Gasteiger partial charge in [0.25, 0.3) is 0 Å². The second-order valence-electron chi connectivity index (χ2n) is 16.3. The summed E-state index contributed by atoms with van der Waals surface area (Å²) in [6.45, 7) is 0. The summed E-state index contributed by atoms with van der Waals surface area (Å²) >= 11 is 0. The molecule has 0 heterocycles. The molecule has 0 saturated heterocycles. The minimum atomic E-state index is -0.597. The molecule has 4 heteroatoms. The normalized spacial score (nSPS) is 12.5. The molecule has 2 aliphatic rings. The molecule has 292 valence electrons. The fraction of sp³-hybridized carbons (Fsp3) is 0.0169. The Hall–Kier alpha value is -8.70. The molecule has 0 amide bonds. The second kappa shape index (κ2) is 14.2. The third kappa shape index (κ3) is 5.39. The number of nitrogens with zero attached hydrogens (tertiary/aromatic N) is 4. The SMILES string of the molecule is N#Cc1cccc(N(c2ccccc2)c2ccc3c4c(ccc3c2)-c2ccc3cc(N(c5ccccc5)c5cccc(C#N)c5)ccc3c2C42c3ccccc3-c3ccccc32)c1. The van der Waals surface area contributed by atoms with Crippen LogP contribution in [0.3, 0.4) is 0 Å². The third-order valence-corrected chi connectivity index (χ3v) is 13.0. The molecule has 12 rings (SSSR count). The molecule has 0 aromatic heterocycles. The second-order valence-corrected chi connectivity index (χ2v) is 16.3. The minimum absolute atomic E-state index is 0.597. The molecule has 1 spiro atoms. The molecule has 0 bridgehead atoms. The van der Waals surface area contributed by atoms with Gasteiger partial charge in [0.15, 0.2) is 0 Å². The minimum Gasteiger partial charge on any atom is -0.310 e. The van der Waals surface area contributed by atoms with Gasteiger partial charge in [-0.1, -0.05) is 133 Å². The van der Waals surface area contributed by atoms with Crippen molar-refractivity contribution in [3.05, 3.63) is 252 Å². The van der Waals surface area contributed by atoms with Crippen molar-refractivity contribution in [2.24, 2.45) is 0 Å². The van der Waals surface area contributed by atoms with Gasteiger partial charge in [-0.2, -0.15) is 10.5 Å². The standard InChI is InChI=1S/C59H36N4/c60-37-39-13-11-19-45(33-39)62(43-15-3-1-4-16-43)47-27-31-49-41(35-47)25-29-53-54-30-26-42-36-48(63(44-17-5-2-6-18-44)46-20-12-14-40(34-46)38-61)28-32-50(42)58(54)59(57(49)53)55-23-9-7-21-51(55)52-22-8-10-24-56(52)59/h1-36H. The maximum absolute atomic E-state index is 9.87. The predicted molar refractivity (Wildman–Crippen MR) is 257 cm³/mol. The van der Waals surface area contributed by atoms with E-state index < -0.39 is 5.41 Å². The average Bonchev–Trinajstić information content (AvgIpc) is 3.82. The Morgan fingerprint density at radius 2 is 0.714 bits per heavy atom. The Labute approximate surface area is 366 Å². The Bertz CT molecular complexity index is 3320. The van der Waals surface area contributed by atoms with Crippen molar-refractivity contribution in [2.45, 2.75) is 5.41 Å². The highest BCUT2D eigenvalue weighted by Gasteiger charge is 2.53. The lowest BCUT2D eigenvalue weighted by atomic mass is 9.68. The van der Waals surface area contributed by atoms with Crippen LogP contribution in [0, 0.1) is 22.7 Å². The molecule has 63 heavy (non-hydrogen) atoms. The van der Waals surface area contributed by atoms with Crippen LogP contribution >= 0.6 is 0 Å². The lowest BCUT2D eigenvalue weighted by molar-refractivity contribution is 0.809. The first-order valence-corrected chi connectivity index (χ1v) is 21.2. The van der Waals surface area contributed by atoms with E-state index >= 15 is 0 Å². The van der Waals surface area contributed by atoms with Gasteiger partial charge < -0.3 is 9.80 Å². The Kier molecular flexibility index (Phi) is 8.16. The molecule has 0 N–H and O–H groups in total. The summed E-state index contributed by atoms with van der Waals surface area (Å²) in [5, 5.41) is 24.4. The molecule has 0 unspecified atom stereocenters.